The maximum atomic E-state index is 10.6. The molecule has 0 bridgehead atoms. The quantitative estimate of drug-likeness (QED) is 0.760. The number of rotatable bonds is 2. The van der Waals surface area contributed by atoms with Gasteiger partial charge in [-0.25, -0.2) is 0 Å². The lowest BCUT2D eigenvalue weighted by Crippen LogP contribution is -2.04. The first-order valence-corrected chi connectivity index (χ1v) is 6.76. The van der Waals surface area contributed by atoms with Gasteiger partial charge in [-0.1, -0.05) is 42.5 Å². The molecule has 0 aliphatic rings. The molecule has 0 radical (unpaired) electrons. The zero-order valence-corrected chi connectivity index (χ0v) is 11.7. The van der Waals surface area contributed by atoms with Gasteiger partial charge in [-0.05, 0) is 42.3 Å². The van der Waals surface area contributed by atoms with Gasteiger partial charge < -0.3 is 5.11 Å². The third kappa shape index (κ3) is 2.30. The molecule has 2 aromatic carbocycles. The molecule has 0 amide bonds. The molecule has 100 valence electrons. The van der Waals surface area contributed by atoms with Crippen LogP contribution >= 0.6 is 0 Å². The normalized spacial score (nSPS) is 12.6. The van der Waals surface area contributed by atoms with Gasteiger partial charge >= 0.3 is 0 Å². The molecule has 1 aromatic heterocycles. The molecule has 20 heavy (non-hydrogen) atoms. The zero-order chi connectivity index (χ0) is 14.1. The smallest absolute Gasteiger partial charge is 0.106 e. The molecule has 0 saturated carbocycles. The van der Waals surface area contributed by atoms with Crippen molar-refractivity contribution in [2.75, 3.05) is 0 Å². The highest BCUT2D eigenvalue weighted by atomic mass is 16.3. The van der Waals surface area contributed by atoms with E-state index in [4.69, 9.17) is 0 Å². The molecule has 2 nitrogen and oxygen atoms in total. The largest absolute Gasteiger partial charge is 0.384 e. The molecule has 1 heterocycles. The van der Waals surface area contributed by atoms with Crippen molar-refractivity contribution in [1.82, 2.24) is 4.98 Å². The second-order valence-corrected chi connectivity index (χ2v) is 5.14. The van der Waals surface area contributed by atoms with Gasteiger partial charge in [-0.15, -0.1) is 0 Å². The summed E-state index contributed by atoms with van der Waals surface area (Å²) in [6.45, 7) is 3.89. The lowest BCUT2D eigenvalue weighted by molar-refractivity contribution is 0.219. The minimum atomic E-state index is -0.632. The fourth-order valence-electron chi connectivity index (χ4n) is 2.54. The van der Waals surface area contributed by atoms with Crippen LogP contribution in [0.3, 0.4) is 0 Å². The van der Waals surface area contributed by atoms with Gasteiger partial charge in [0.25, 0.3) is 0 Å². The summed E-state index contributed by atoms with van der Waals surface area (Å²) in [6.07, 6.45) is -0.632. The highest BCUT2D eigenvalue weighted by Crippen LogP contribution is 2.26. The maximum absolute atomic E-state index is 10.6. The van der Waals surface area contributed by atoms with E-state index in [2.05, 4.69) is 17.1 Å². The molecule has 0 fully saturated rings. The molecule has 0 aliphatic heterocycles. The highest BCUT2D eigenvalue weighted by Gasteiger charge is 2.14. The van der Waals surface area contributed by atoms with E-state index in [0.717, 1.165) is 27.9 Å². The second-order valence-electron chi connectivity index (χ2n) is 5.14. The van der Waals surface area contributed by atoms with Crippen LogP contribution in [0.1, 0.15) is 28.6 Å². The Morgan fingerprint density at radius 1 is 0.900 bits per heavy atom. The Balaban J connectivity index is 2.05. The van der Waals surface area contributed by atoms with Crippen molar-refractivity contribution in [2.24, 2.45) is 0 Å². The number of hydrogen-bond donors (Lipinski definition) is 1. The lowest BCUT2D eigenvalue weighted by atomic mass is 9.97. The van der Waals surface area contributed by atoms with E-state index >= 15 is 0 Å². The fraction of sp³-hybridized carbons (Fsp3) is 0.167. The average molecular weight is 263 g/mol. The van der Waals surface area contributed by atoms with Crippen molar-refractivity contribution in [1.29, 1.82) is 0 Å². The molecule has 0 aliphatic carbocycles. The van der Waals surface area contributed by atoms with Gasteiger partial charge in [0.2, 0.25) is 0 Å². The molecule has 1 unspecified atom stereocenters. The Morgan fingerprint density at radius 2 is 1.65 bits per heavy atom. The van der Waals surface area contributed by atoms with Gasteiger partial charge in [-0.3, -0.25) is 4.98 Å². The minimum Gasteiger partial charge on any atom is -0.384 e. The van der Waals surface area contributed by atoms with Gasteiger partial charge in [0, 0.05) is 17.0 Å². The summed E-state index contributed by atoms with van der Waals surface area (Å²) in [6, 6.07) is 18.1. The van der Waals surface area contributed by atoms with Crippen LogP contribution in [0.5, 0.6) is 0 Å². The van der Waals surface area contributed by atoms with Gasteiger partial charge in [0.1, 0.15) is 6.10 Å². The molecule has 0 spiro atoms. The Kier molecular flexibility index (Phi) is 3.25. The first-order valence-electron chi connectivity index (χ1n) is 6.76. The monoisotopic (exact) mass is 263 g/mol. The van der Waals surface area contributed by atoms with E-state index in [9.17, 15) is 5.11 Å². The van der Waals surface area contributed by atoms with Gasteiger partial charge in [0.15, 0.2) is 0 Å². The maximum Gasteiger partial charge on any atom is 0.106 e. The molecular weight excluding hydrogens is 246 g/mol. The number of nitrogens with zero attached hydrogens (tertiary/aromatic N) is 1. The van der Waals surface area contributed by atoms with Crippen LogP contribution in [-0.2, 0) is 0 Å². The molecule has 3 rings (SSSR count). The number of aromatic nitrogens is 1. The SMILES string of the molecule is Cc1ccc(C(O)c2ccc3ccccc3c2)c(C)n1. The van der Waals surface area contributed by atoms with Crippen molar-refractivity contribution < 1.29 is 5.11 Å². The molecule has 1 N–H and O–H groups in total. The topological polar surface area (TPSA) is 33.1 Å². The summed E-state index contributed by atoms with van der Waals surface area (Å²) in [5.41, 5.74) is 3.62. The van der Waals surface area contributed by atoms with Crippen molar-refractivity contribution in [3.8, 4) is 0 Å². The zero-order valence-electron chi connectivity index (χ0n) is 11.7. The lowest BCUT2D eigenvalue weighted by Gasteiger charge is -2.14. The Hall–Kier alpha value is -2.19. The number of pyridine rings is 1. The number of aliphatic hydroxyl groups excluding tert-OH is 1. The van der Waals surface area contributed by atoms with Crippen LogP contribution in [0, 0.1) is 13.8 Å². The predicted molar refractivity (Wildman–Crippen MR) is 81.7 cm³/mol. The number of fused-ring (bicyclic) bond motifs is 1. The summed E-state index contributed by atoms with van der Waals surface area (Å²) in [5.74, 6) is 0. The first-order chi connectivity index (χ1) is 9.65. The van der Waals surface area contributed by atoms with Crippen LogP contribution in [-0.4, -0.2) is 10.1 Å². The number of aliphatic hydroxyl groups is 1. The van der Waals surface area contributed by atoms with Gasteiger partial charge in [0.05, 0.1) is 0 Å². The van der Waals surface area contributed by atoms with Crippen LogP contribution in [0.15, 0.2) is 54.6 Å². The third-order valence-electron chi connectivity index (χ3n) is 3.65. The van der Waals surface area contributed by atoms with E-state index in [1.54, 1.807) is 0 Å². The Bertz CT molecular complexity index is 764. The second kappa shape index (κ2) is 5.06. The molecule has 0 saturated heterocycles. The van der Waals surface area contributed by atoms with Crippen LogP contribution < -0.4 is 0 Å². The number of aryl methyl sites for hydroxylation is 2. The van der Waals surface area contributed by atoms with E-state index < -0.39 is 6.10 Å². The summed E-state index contributed by atoms with van der Waals surface area (Å²) in [4.78, 5) is 4.42. The first kappa shape index (κ1) is 12.8. The van der Waals surface area contributed by atoms with Crippen molar-refractivity contribution in [3.05, 3.63) is 77.1 Å². The Morgan fingerprint density at radius 3 is 2.40 bits per heavy atom. The molecule has 1 atom stereocenters. The van der Waals surface area contributed by atoms with Crippen LogP contribution in [0.2, 0.25) is 0 Å². The van der Waals surface area contributed by atoms with Crippen molar-refractivity contribution in [2.45, 2.75) is 20.0 Å². The summed E-state index contributed by atoms with van der Waals surface area (Å²) in [7, 11) is 0. The summed E-state index contributed by atoms with van der Waals surface area (Å²) < 4.78 is 0. The average Bonchev–Trinajstić information content (AvgIpc) is 2.46. The molecule has 2 heteroatoms. The van der Waals surface area contributed by atoms with E-state index in [0.29, 0.717) is 0 Å². The van der Waals surface area contributed by atoms with Crippen molar-refractivity contribution >= 4 is 10.8 Å². The predicted octanol–water partition coefficient (Wildman–Crippen LogP) is 3.93. The van der Waals surface area contributed by atoms with E-state index in [1.165, 1.54) is 5.39 Å². The summed E-state index contributed by atoms with van der Waals surface area (Å²) >= 11 is 0. The molecular formula is C18H17NO. The fourth-order valence-corrected chi connectivity index (χ4v) is 2.54. The Labute approximate surface area is 118 Å². The van der Waals surface area contributed by atoms with Crippen LogP contribution in [0.25, 0.3) is 10.8 Å². The van der Waals surface area contributed by atoms with E-state index in [1.807, 2.05) is 56.3 Å². The van der Waals surface area contributed by atoms with Gasteiger partial charge in [-0.2, -0.15) is 0 Å². The number of benzene rings is 2. The minimum absolute atomic E-state index is 0.632. The van der Waals surface area contributed by atoms with Crippen molar-refractivity contribution in [3.63, 3.8) is 0 Å². The van der Waals surface area contributed by atoms with E-state index in [-0.39, 0.29) is 0 Å². The highest BCUT2D eigenvalue weighted by molar-refractivity contribution is 5.83. The third-order valence-corrected chi connectivity index (χ3v) is 3.65. The summed E-state index contributed by atoms with van der Waals surface area (Å²) in [5, 5.41) is 12.9. The standard InChI is InChI=1S/C18H17NO/c1-12-7-10-17(13(2)19-12)18(20)16-9-8-14-5-3-4-6-15(14)11-16/h3-11,18,20H,1-2H3. The van der Waals surface area contributed by atoms with Crippen LogP contribution in [0.4, 0.5) is 0 Å². The number of hydrogen-bond acceptors (Lipinski definition) is 2. The molecule has 3 aromatic rings.